The average Bonchev–Trinajstić information content (AvgIpc) is 3.38. The van der Waals surface area contributed by atoms with Crippen LogP contribution in [0.2, 0.25) is 0 Å². The number of hydrogen-bond donors (Lipinski definition) is 2. The molecule has 1 aromatic carbocycles. The highest BCUT2D eigenvalue weighted by atomic mass is 79.9. The Morgan fingerprint density at radius 2 is 1.80 bits per heavy atom. The standard InChI is InChI=1S/C21H16BrN3O6S4/c1-2-23-11-7-10(22)3-4-12(11)33-14(23)6-5-13-18(30)24(8-15(26)27)20(34-13)17-19(31)25(9-16(28)29)21(32)35-17/h3-7H,2,8-9H2,1H3,(H,26,27)(H,28,29)/b13-5+,14-6-,20-17-. The van der Waals surface area contributed by atoms with E-state index in [-0.39, 0.29) is 18.4 Å². The van der Waals surface area contributed by atoms with Crippen LogP contribution in [0.15, 0.2) is 43.5 Å². The van der Waals surface area contributed by atoms with Crippen LogP contribution in [0.5, 0.6) is 0 Å². The van der Waals surface area contributed by atoms with E-state index >= 15 is 0 Å². The van der Waals surface area contributed by atoms with Crippen LogP contribution in [0.4, 0.5) is 5.69 Å². The monoisotopic (exact) mass is 613 g/mol. The maximum atomic E-state index is 13.1. The van der Waals surface area contributed by atoms with E-state index in [4.69, 9.17) is 17.3 Å². The van der Waals surface area contributed by atoms with Gasteiger partial charge in [0.15, 0.2) is 0 Å². The fraction of sp³-hybridized carbons (Fsp3) is 0.190. The number of nitrogens with zero attached hydrogens (tertiary/aromatic N) is 3. The summed E-state index contributed by atoms with van der Waals surface area (Å²) in [5.41, 5.74) is 0.483. The number of aromatic nitrogens is 1. The third kappa shape index (κ3) is 5.11. The number of halogens is 1. The molecule has 0 radical (unpaired) electrons. The van der Waals surface area contributed by atoms with E-state index < -0.39 is 36.5 Å². The molecule has 0 unspecified atom stereocenters. The Hall–Kier alpha value is -2.39. The van der Waals surface area contributed by atoms with Gasteiger partial charge in [0.1, 0.15) is 27.0 Å². The zero-order valence-electron chi connectivity index (χ0n) is 17.9. The van der Waals surface area contributed by atoms with Crippen molar-refractivity contribution in [2.45, 2.75) is 18.4 Å². The highest BCUT2D eigenvalue weighted by Crippen LogP contribution is 2.46. The van der Waals surface area contributed by atoms with Gasteiger partial charge in [-0.05, 0) is 37.3 Å². The minimum Gasteiger partial charge on any atom is -0.480 e. The molecule has 0 spiro atoms. The molecule has 2 N–H and O–H groups in total. The van der Waals surface area contributed by atoms with Crippen molar-refractivity contribution in [2.24, 2.45) is 0 Å². The summed E-state index contributed by atoms with van der Waals surface area (Å²) >= 11 is 12.0. The Bertz CT molecular complexity index is 1500. The molecule has 1 amide bonds. The number of thiazole rings is 1. The van der Waals surface area contributed by atoms with E-state index in [1.54, 1.807) is 23.9 Å². The van der Waals surface area contributed by atoms with Crippen LogP contribution >= 0.6 is 63.0 Å². The highest BCUT2D eigenvalue weighted by molar-refractivity contribution is 9.10. The molecular formula is C21H16BrN3O6S4. The SMILES string of the molecule is CCN1/C(=C/C=c2/s/c(=C3\SC(=S)N(CC(=O)O)C3=O)n(CC(=O)O)c2=O)Sc2ccc(Br)cc21. The zero-order chi connectivity index (χ0) is 25.4. The van der Waals surface area contributed by atoms with Crippen LogP contribution in [-0.4, -0.2) is 54.9 Å². The number of anilines is 1. The molecule has 1 saturated heterocycles. The fourth-order valence-electron chi connectivity index (χ4n) is 3.45. The number of carboxylic acids is 2. The van der Waals surface area contributed by atoms with Gasteiger partial charge in [-0.2, -0.15) is 0 Å². The van der Waals surface area contributed by atoms with Crippen molar-refractivity contribution in [2.75, 3.05) is 18.0 Å². The number of benzene rings is 1. The number of aliphatic carboxylic acids is 2. The average molecular weight is 615 g/mol. The molecule has 2 aliphatic rings. The van der Waals surface area contributed by atoms with Crippen LogP contribution in [0.1, 0.15) is 6.92 Å². The maximum absolute atomic E-state index is 13.1. The lowest BCUT2D eigenvalue weighted by Gasteiger charge is -2.17. The maximum Gasteiger partial charge on any atom is 0.323 e. The van der Waals surface area contributed by atoms with Crippen LogP contribution in [0, 0.1) is 0 Å². The number of carbonyl (C=O) groups is 3. The van der Waals surface area contributed by atoms with E-state index in [9.17, 15) is 24.3 Å². The molecule has 35 heavy (non-hydrogen) atoms. The molecule has 14 heteroatoms. The molecule has 0 atom stereocenters. The molecule has 182 valence electrons. The van der Waals surface area contributed by atoms with Crippen molar-refractivity contribution in [1.82, 2.24) is 9.47 Å². The lowest BCUT2D eigenvalue weighted by atomic mass is 10.3. The first-order chi connectivity index (χ1) is 16.6. The van der Waals surface area contributed by atoms with E-state index in [2.05, 4.69) is 20.8 Å². The van der Waals surface area contributed by atoms with Gasteiger partial charge >= 0.3 is 11.9 Å². The largest absolute Gasteiger partial charge is 0.480 e. The Labute approximate surface area is 224 Å². The Kier molecular flexibility index (Phi) is 7.57. The number of rotatable bonds is 6. The fourth-order valence-corrected chi connectivity index (χ4v) is 7.36. The number of fused-ring (bicyclic) bond motifs is 1. The summed E-state index contributed by atoms with van der Waals surface area (Å²) in [6.07, 6.45) is 3.40. The van der Waals surface area contributed by atoms with Crippen LogP contribution in [-0.2, 0) is 20.9 Å². The number of thioether (sulfide) groups is 2. The lowest BCUT2D eigenvalue weighted by molar-refractivity contribution is -0.140. The first-order valence-electron chi connectivity index (χ1n) is 9.98. The molecule has 2 aromatic rings. The van der Waals surface area contributed by atoms with Crippen molar-refractivity contribution >= 4 is 102 Å². The van der Waals surface area contributed by atoms with Crippen molar-refractivity contribution in [3.63, 3.8) is 0 Å². The van der Waals surface area contributed by atoms with Gasteiger partial charge < -0.3 is 15.1 Å². The summed E-state index contributed by atoms with van der Waals surface area (Å²) in [5.74, 6) is -3.15. The zero-order valence-corrected chi connectivity index (χ0v) is 22.7. The minimum atomic E-state index is -1.25. The summed E-state index contributed by atoms with van der Waals surface area (Å²) in [7, 11) is 0. The number of hydrogen-bond acceptors (Lipinski definition) is 9. The van der Waals surface area contributed by atoms with Crippen molar-refractivity contribution in [3.8, 4) is 0 Å². The van der Waals surface area contributed by atoms with Crippen molar-refractivity contribution < 1.29 is 24.6 Å². The molecule has 9 nitrogen and oxygen atoms in total. The summed E-state index contributed by atoms with van der Waals surface area (Å²) in [4.78, 5) is 52.6. The first-order valence-corrected chi connectivity index (χ1v) is 13.6. The second-order valence-electron chi connectivity index (χ2n) is 7.17. The molecule has 2 aliphatic heterocycles. The molecule has 0 bridgehead atoms. The third-order valence-electron chi connectivity index (χ3n) is 4.92. The smallest absolute Gasteiger partial charge is 0.323 e. The van der Waals surface area contributed by atoms with Gasteiger partial charge in [-0.15, -0.1) is 11.3 Å². The number of allylic oxidation sites excluding steroid dienone is 1. The summed E-state index contributed by atoms with van der Waals surface area (Å²) < 4.78 is 2.37. The second kappa shape index (κ2) is 10.3. The summed E-state index contributed by atoms with van der Waals surface area (Å²) in [6, 6.07) is 5.97. The molecule has 1 fully saturated rings. The first kappa shape index (κ1) is 25.7. The molecular weight excluding hydrogens is 598 g/mol. The summed E-state index contributed by atoms with van der Waals surface area (Å²) in [6.45, 7) is 1.45. The third-order valence-corrected chi connectivity index (χ3v) is 9.26. The Morgan fingerprint density at radius 1 is 1.09 bits per heavy atom. The normalized spacial score (nSPS) is 18.7. The second-order valence-corrected chi connectivity index (χ2v) is 11.8. The molecule has 0 saturated carbocycles. The predicted octanol–water partition coefficient (Wildman–Crippen LogP) is 2.06. The number of thiocarbonyl (C=S) groups is 1. The molecule has 4 rings (SSSR count). The molecule has 3 heterocycles. The Balaban J connectivity index is 1.83. The van der Waals surface area contributed by atoms with Gasteiger partial charge in [-0.3, -0.25) is 28.6 Å². The predicted molar refractivity (Wildman–Crippen MR) is 144 cm³/mol. The topological polar surface area (TPSA) is 120 Å². The van der Waals surface area contributed by atoms with Gasteiger partial charge in [-0.1, -0.05) is 51.7 Å². The van der Waals surface area contributed by atoms with E-state index in [1.807, 2.05) is 25.1 Å². The Morgan fingerprint density at radius 3 is 2.46 bits per heavy atom. The summed E-state index contributed by atoms with van der Waals surface area (Å²) in [5, 5.41) is 19.3. The van der Waals surface area contributed by atoms with Gasteiger partial charge in [0, 0.05) is 15.9 Å². The van der Waals surface area contributed by atoms with Gasteiger partial charge in [0.2, 0.25) is 0 Å². The van der Waals surface area contributed by atoms with Crippen LogP contribution in [0.3, 0.4) is 0 Å². The van der Waals surface area contributed by atoms with Crippen molar-refractivity contribution in [1.29, 1.82) is 0 Å². The number of amides is 1. The van der Waals surface area contributed by atoms with Crippen molar-refractivity contribution in [3.05, 3.63) is 53.3 Å². The lowest BCUT2D eigenvalue weighted by Crippen LogP contribution is -2.36. The quantitative estimate of drug-likeness (QED) is 0.468. The van der Waals surface area contributed by atoms with Gasteiger partial charge in [0.05, 0.1) is 15.2 Å². The minimum absolute atomic E-state index is 0.0349. The van der Waals surface area contributed by atoms with E-state index in [1.165, 1.54) is 0 Å². The molecule has 0 aliphatic carbocycles. The van der Waals surface area contributed by atoms with E-state index in [0.29, 0.717) is 6.54 Å². The number of carboxylic acid groups (broad SMARTS) is 2. The van der Waals surface area contributed by atoms with Gasteiger partial charge in [-0.25, -0.2) is 0 Å². The molecule has 1 aromatic heterocycles. The van der Waals surface area contributed by atoms with Crippen LogP contribution < -0.4 is 19.7 Å². The highest BCUT2D eigenvalue weighted by Gasteiger charge is 2.35. The van der Waals surface area contributed by atoms with E-state index in [0.717, 1.165) is 52.7 Å². The van der Waals surface area contributed by atoms with Gasteiger partial charge in [0.25, 0.3) is 11.5 Å². The van der Waals surface area contributed by atoms with Crippen LogP contribution in [0.25, 0.3) is 11.0 Å². The number of carbonyl (C=O) groups excluding carboxylic acids is 1.